The largest absolute Gasteiger partial charge is 0.441 e. The lowest BCUT2D eigenvalue weighted by atomic mass is 10.1. The van der Waals surface area contributed by atoms with Gasteiger partial charge in [-0.1, -0.05) is 24.3 Å². The van der Waals surface area contributed by atoms with Crippen LogP contribution in [0.5, 0.6) is 0 Å². The number of aromatic nitrogens is 1. The molecule has 2 heterocycles. The number of carbonyl (C=O) groups is 1. The van der Waals surface area contributed by atoms with Crippen LogP contribution in [0, 0.1) is 5.82 Å². The molecule has 3 aromatic rings. The van der Waals surface area contributed by atoms with Crippen molar-refractivity contribution in [1.82, 2.24) is 15.2 Å². The number of oxazole rings is 1. The Morgan fingerprint density at radius 2 is 1.81 bits per heavy atom. The summed E-state index contributed by atoms with van der Waals surface area (Å²) in [6, 6.07) is 14.2. The first-order valence-corrected chi connectivity index (χ1v) is 10.5. The van der Waals surface area contributed by atoms with Crippen LogP contribution in [0.15, 0.2) is 59.1 Å². The number of nitrogens with zero attached hydrogens (tertiary/aromatic N) is 2. The molecule has 7 heteroatoms. The van der Waals surface area contributed by atoms with E-state index < -0.39 is 0 Å². The molecule has 2 aromatic carbocycles. The zero-order chi connectivity index (χ0) is 21.5. The average molecular weight is 423 g/mol. The fourth-order valence-electron chi connectivity index (χ4n) is 3.56. The molecular weight excluding hydrogens is 397 g/mol. The third-order valence-electron chi connectivity index (χ3n) is 5.34. The van der Waals surface area contributed by atoms with Gasteiger partial charge in [0.05, 0.1) is 19.4 Å². The van der Waals surface area contributed by atoms with Gasteiger partial charge in [0, 0.05) is 44.6 Å². The summed E-state index contributed by atoms with van der Waals surface area (Å²) in [7, 11) is 0. The van der Waals surface area contributed by atoms with E-state index in [-0.39, 0.29) is 18.1 Å². The molecule has 0 spiro atoms. The number of carbonyl (C=O) groups excluding carboxylic acids is 1. The molecule has 0 unspecified atom stereocenters. The van der Waals surface area contributed by atoms with E-state index in [9.17, 15) is 9.18 Å². The number of morpholine rings is 1. The topological polar surface area (TPSA) is 67.6 Å². The summed E-state index contributed by atoms with van der Waals surface area (Å²) in [4.78, 5) is 19.0. The minimum Gasteiger partial charge on any atom is -0.441 e. The Kier molecular flexibility index (Phi) is 7.07. The molecule has 0 saturated carbocycles. The fourth-order valence-corrected chi connectivity index (χ4v) is 3.56. The minimum atomic E-state index is -0.299. The van der Waals surface area contributed by atoms with Gasteiger partial charge >= 0.3 is 0 Å². The van der Waals surface area contributed by atoms with E-state index >= 15 is 0 Å². The van der Waals surface area contributed by atoms with Crippen molar-refractivity contribution in [3.63, 3.8) is 0 Å². The first-order chi connectivity index (χ1) is 15.2. The highest BCUT2D eigenvalue weighted by molar-refractivity contribution is 5.76. The van der Waals surface area contributed by atoms with Gasteiger partial charge in [-0.3, -0.25) is 9.69 Å². The maximum atomic E-state index is 13.1. The van der Waals surface area contributed by atoms with Crippen molar-refractivity contribution in [2.45, 2.75) is 25.9 Å². The van der Waals surface area contributed by atoms with Crippen LogP contribution in [-0.4, -0.2) is 42.1 Å². The van der Waals surface area contributed by atoms with Gasteiger partial charge in [-0.2, -0.15) is 0 Å². The Morgan fingerprint density at radius 1 is 1.06 bits per heavy atom. The van der Waals surface area contributed by atoms with Crippen LogP contribution >= 0.6 is 0 Å². The molecule has 1 saturated heterocycles. The van der Waals surface area contributed by atoms with Crippen molar-refractivity contribution in [3.05, 3.63) is 77.6 Å². The molecule has 1 aromatic heterocycles. The number of rotatable bonds is 8. The van der Waals surface area contributed by atoms with Crippen molar-refractivity contribution in [1.29, 1.82) is 0 Å². The number of halogens is 1. The second-order valence-corrected chi connectivity index (χ2v) is 7.56. The van der Waals surface area contributed by atoms with Crippen molar-refractivity contribution >= 4 is 5.91 Å². The highest BCUT2D eigenvalue weighted by atomic mass is 19.1. The first-order valence-electron chi connectivity index (χ1n) is 10.5. The Labute approximate surface area is 181 Å². The van der Waals surface area contributed by atoms with E-state index in [1.54, 1.807) is 18.3 Å². The fraction of sp³-hybridized carbons (Fsp3) is 0.333. The standard InChI is InChI=1S/C24H26FN3O3/c25-21-7-5-18(6-8-21)22-16-27-24(31-22)10-9-23(29)26-15-19-3-1-2-4-20(19)17-28-11-13-30-14-12-28/h1-8,16H,9-15,17H2,(H,26,29). The second kappa shape index (κ2) is 10.3. The monoisotopic (exact) mass is 423 g/mol. The van der Waals surface area contributed by atoms with Crippen molar-refractivity contribution in [2.75, 3.05) is 26.3 Å². The lowest BCUT2D eigenvalue weighted by Gasteiger charge is -2.27. The van der Waals surface area contributed by atoms with E-state index in [4.69, 9.17) is 9.15 Å². The van der Waals surface area contributed by atoms with Gasteiger partial charge < -0.3 is 14.5 Å². The van der Waals surface area contributed by atoms with E-state index in [1.807, 2.05) is 12.1 Å². The number of hydrogen-bond acceptors (Lipinski definition) is 5. The molecule has 0 bridgehead atoms. The summed E-state index contributed by atoms with van der Waals surface area (Å²) in [6.45, 7) is 4.74. The lowest BCUT2D eigenvalue weighted by molar-refractivity contribution is -0.121. The number of ether oxygens (including phenoxy) is 1. The summed E-state index contributed by atoms with van der Waals surface area (Å²) in [6.07, 6.45) is 2.29. The van der Waals surface area contributed by atoms with Crippen molar-refractivity contribution < 1.29 is 18.3 Å². The molecule has 0 radical (unpaired) electrons. The Bertz CT molecular complexity index is 997. The van der Waals surface area contributed by atoms with E-state index in [0.717, 1.165) is 44.0 Å². The van der Waals surface area contributed by atoms with Crippen molar-refractivity contribution in [2.24, 2.45) is 0 Å². The molecule has 0 aliphatic carbocycles. The Balaban J connectivity index is 1.27. The highest BCUT2D eigenvalue weighted by Crippen LogP contribution is 2.21. The van der Waals surface area contributed by atoms with Gasteiger partial charge in [0.1, 0.15) is 5.82 Å². The quantitative estimate of drug-likeness (QED) is 0.600. The highest BCUT2D eigenvalue weighted by Gasteiger charge is 2.14. The molecule has 1 aliphatic rings. The zero-order valence-corrected chi connectivity index (χ0v) is 17.4. The lowest BCUT2D eigenvalue weighted by Crippen LogP contribution is -2.36. The molecule has 1 fully saturated rings. The average Bonchev–Trinajstić information content (AvgIpc) is 3.27. The summed E-state index contributed by atoms with van der Waals surface area (Å²) in [5.41, 5.74) is 3.10. The number of aryl methyl sites for hydroxylation is 1. The van der Waals surface area contributed by atoms with Gasteiger partial charge in [-0.25, -0.2) is 9.37 Å². The molecule has 31 heavy (non-hydrogen) atoms. The van der Waals surface area contributed by atoms with Gasteiger partial charge in [0.25, 0.3) is 0 Å². The molecule has 6 nitrogen and oxygen atoms in total. The maximum absolute atomic E-state index is 13.1. The molecule has 1 N–H and O–H groups in total. The van der Waals surface area contributed by atoms with Crippen LogP contribution in [0.1, 0.15) is 23.4 Å². The normalized spacial score (nSPS) is 14.5. The number of hydrogen-bond donors (Lipinski definition) is 1. The number of amides is 1. The van der Waals surface area contributed by atoms with Crippen LogP contribution < -0.4 is 5.32 Å². The van der Waals surface area contributed by atoms with Gasteiger partial charge in [0.2, 0.25) is 5.91 Å². The number of benzene rings is 2. The van der Waals surface area contributed by atoms with Crippen LogP contribution in [0.25, 0.3) is 11.3 Å². The van der Waals surface area contributed by atoms with Crippen LogP contribution in [-0.2, 0) is 29.0 Å². The van der Waals surface area contributed by atoms with Crippen LogP contribution in [0.4, 0.5) is 4.39 Å². The van der Waals surface area contributed by atoms with E-state index in [2.05, 4.69) is 27.3 Å². The molecule has 4 rings (SSSR count). The molecule has 162 valence electrons. The Morgan fingerprint density at radius 3 is 2.58 bits per heavy atom. The van der Waals surface area contributed by atoms with Gasteiger partial charge in [0.15, 0.2) is 11.7 Å². The zero-order valence-electron chi connectivity index (χ0n) is 17.4. The third kappa shape index (κ3) is 5.99. The van der Waals surface area contributed by atoms with Crippen molar-refractivity contribution in [3.8, 4) is 11.3 Å². The SMILES string of the molecule is O=C(CCc1ncc(-c2ccc(F)cc2)o1)NCc1ccccc1CN1CCOCC1. The molecule has 0 atom stereocenters. The van der Waals surface area contributed by atoms with Gasteiger partial charge in [-0.15, -0.1) is 0 Å². The maximum Gasteiger partial charge on any atom is 0.220 e. The van der Waals surface area contributed by atoms with E-state index in [1.165, 1.54) is 17.7 Å². The third-order valence-corrected chi connectivity index (χ3v) is 5.34. The first kappa shape index (κ1) is 21.2. The molecule has 1 amide bonds. The Hall–Kier alpha value is -3.03. The minimum absolute atomic E-state index is 0.0530. The predicted octanol–water partition coefficient (Wildman–Crippen LogP) is 3.56. The summed E-state index contributed by atoms with van der Waals surface area (Å²) < 4.78 is 24.2. The van der Waals surface area contributed by atoms with Crippen LogP contribution in [0.3, 0.4) is 0 Å². The second-order valence-electron chi connectivity index (χ2n) is 7.56. The smallest absolute Gasteiger partial charge is 0.220 e. The van der Waals surface area contributed by atoms with Crippen LogP contribution in [0.2, 0.25) is 0 Å². The van der Waals surface area contributed by atoms with Gasteiger partial charge in [-0.05, 0) is 35.4 Å². The molecule has 1 aliphatic heterocycles. The number of nitrogens with one attached hydrogen (secondary N) is 1. The predicted molar refractivity (Wildman–Crippen MR) is 115 cm³/mol. The van der Waals surface area contributed by atoms with E-state index in [0.29, 0.717) is 24.6 Å². The summed E-state index contributed by atoms with van der Waals surface area (Å²) in [5, 5.41) is 3.00. The summed E-state index contributed by atoms with van der Waals surface area (Å²) >= 11 is 0. The summed E-state index contributed by atoms with van der Waals surface area (Å²) in [5.74, 6) is 0.698. The molecular formula is C24H26FN3O3.